The minimum atomic E-state index is -0.941. The lowest BCUT2D eigenvalue weighted by atomic mass is 10.0. The fourth-order valence-electron chi connectivity index (χ4n) is 1.83. The lowest BCUT2D eigenvalue weighted by Crippen LogP contribution is -2.48. The zero-order chi connectivity index (χ0) is 10.9. The van der Waals surface area contributed by atoms with Crippen LogP contribution in [0.3, 0.4) is 0 Å². The first-order valence-electron chi connectivity index (χ1n) is 4.74. The molecule has 80 valence electrons. The summed E-state index contributed by atoms with van der Waals surface area (Å²) in [6, 6.07) is -1.32. The van der Waals surface area contributed by atoms with Crippen LogP contribution >= 0.6 is 0 Å². The van der Waals surface area contributed by atoms with Crippen molar-refractivity contribution in [2.24, 2.45) is 11.7 Å². The second-order valence-corrected chi connectivity index (χ2v) is 3.87. The average molecular weight is 200 g/mol. The largest absolute Gasteiger partial charge is 0.480 e. The van der Waals surface area contributed by atoms with Crippen molar-refractivity contribution in [2.45, 2.75) is 32.4 Å². The normalized spacial score (nSPS) is 28.9. The first-order valence-corrected chi connectivity index (χ1v) is 4.74. The van der Waals surface area contributed by atoms with E-state index < -0.39 is 18.1 Å². The number of aliphatic carboxylic acids is 1. The van der Waals surface area contributed by atoms with Crippen LogP contribution in [0, 0.1) is 5.92 Å². The summed E-state index contributed by atoms with van der Waals surface area (Å²) in [6.07, 6.45) is 0.732. The number of carbonyl (C=O) groups excluding carboxylic acids is 1. The van der Waals surface area contributed by atoms with Crippen molar-refractivity contribution in [3.05, 3.63) is 0 Å². The first kappa shape index (κ1) is 11.0. The van der Waals surface area contributed by atoms with Gasteiger partial charge in [-0.05, 0) is 19.3 Å². The Morgan fingerprint density at radius 2 is 2.14 bits per heavy atom. The van der Waals surface area contributed by atoms with Gasteiger partial charge in [0.2, 0.25) is 5.91 Å². The number of hydrogen-bond donors (Lipinski definition) is 2. The predicted octanol–water partition coefficient (Wildman–Crippen LogP) is -0.345. The summed E-state index contributed by atoms with van der Waals surface area (Å²) in [7, 11) is 0. The molecule has 1 fully saturated rings. The Kier molecular flexibility index (Phi) is 3.10. The molecular formula is C9H16N2O3. The van der Waals surface area contributed by atoms with Crippen LogP contribution < -0.4 is 5.73 Å². The van der Waals surface area contributed by atoms with Crippen LogP contribution in [-0.2, 0) is 9.59 Å². The topological polar surface area (TPSA) is 83.6 Å². The molecule has 1 aliphatic heterocycles. The highest BCUT2D eigenvalue weighted by Gasteiger charge is 2.39. The molecule has 3 atom stereocenters. The average Bonchev–Trinajstić information content (AvgIpc) is 2.45. The van der Waals surface area contributed by atoms with Crippen LogP contribution in [0.4, 0.5) is 0 Å². The first-order chi connectivity index (χ1) is 6.45. The molecule has 0 spiro atoms. The molecule has 0 bridgehead atoms. The quantitative estimate of drug-likeness (QED) is 0.638. The van der Waals surface area contributed by atoms with E-state index in [-0.39, 0.29) is 11.8 Å². The molecule has 3 N–H and O–H groups in total. The van der Waals surface area contributed by atoms with Crippen molar-refractivity contribution in [3.8, 4) is 0 Å². The van der Waals surface area contributed by atoms with Gasteiger partial charge in [0.1, 0.15) is 6.04 Å². The molecular weight excluding hydrogens is 184 g/mol. The molecule has 0 aromatic rings. The van der Waals surface area contributed by atoms with E-state index in [2.05, 4.69) is 0 Å². The van der Waals surface area contributed by atoms with Crippen molar-refractivity contribution in [1.82, 2.24) is 4.90 Å². The summed E-state index contributed by atoms with van der Waals surface area (Å²) in [6.45, 7) is 3.91. The Labute approximate surface area is 82.9 Å². The highest BCUT2D eigenvalue weighted by atomic mass is 16.4. The van der Waals surface area contributed by atoms with Gasteiger partial charge in [-0.15, -0.1) is 0 Å². The van der Waals surface area contributed by atoms with Crippen molar-refractivity contribution in [3.63, 3.8) is 0 Å². The minimum absolute atomic E-state index is 0.00944. The van der Waals surface area contributed by atoms with Gasteiger partial charge in [-0.1, -0.05) is 6.92 Å². The van der Waals surface area contributed by atoms with Gasteiger partial charge in [0.05, 0.1) is 6.04 Å². The van der Waals surface area contributed by atoms with Crippen molar-refractivity contribution in [1.29, 1.82) is 0 Å². The number of likely N-dealkylation sites (tertiary alicyclic amines) is 1. The summed E-state index contributed by atoms with van der Waals surface area (Å²) in [5.74, 6) is -1.21. The van der Waals surface area contributed by atoms with Gasteiger partial charge in [0.15, 0.2) is 0 Å². The fraction of sp³-hybridized carbons (Fsp3) is 0.778. The second kappa shape index (κ2) is 3.96. The fourth-order valence-corrected chi connectivity index (χ4v) is 1.83. The van der Waals surface area contributed by atoms with Gasteiger partial charge in [-0.25, -0.2) is 4.79 Å². The third-order valence-corrected chi connectivity index (χ3v) is 2.63. The van der Waals surface area contributed by atoms with Crippen LogP contribution in [-0.4, -0.2) is 40.5 Å². The molecule has 5 heteroatoms. The van der Waals surface area contributed by atoms with Crippen LogP contribution in [0.25, 0.3) is 0 Å². The molecule has 1 rings (SSSR count). The van der Waals surface area contributed by atoms with Gasteiger partial charge in [-0.2, -0.15) is 0 Å². The summed E-state index contributed by atoms with van der Waals surface area (Å²) in [4.78, 5) is 23.8. The number of amides is 1. The van der Waals surface area contributed by atoms with Crippen LogP contribution in [0.5, 0.6) is 0 Å². The molecule has 0 saturated carbocycles. The Hall–Kier alpha value is -1.10. The van der Waals surface area contributed by atoms with Gasteiger partial charge in [0, 0.05) is 6.54 Å². The molecule has 0 aromatic heterocycles. The lowest BCUT2D eigenvalue weighted by molar-refractivity contribution is -0.149. The molecule has 1 aliphatic rings. The third kappa shape index (κ3) is 1.87. The predicted molar refractivity (Wildman–Crippen MR) is 50.6 cm³/mol. The van der Waals surface area contributed by atoms with E-state index in [4.69, 9.17) is 10.8 Å². The van der Waals surface area contributed by atoms with E-state index in [1.807, 2.05) is 6.92 Å². The number of rotatable bonds is 2. The van der Waals surface area contributed by atoms with E-state index >= 15 is 0 Å². The molecule has 2 unspecified atom stereocenters. The van der Waals surface area contributed by atoms with Gasteiger partial charge in [0.25, 0.3) is 0 Å². The molecule has 1 amide bonds. The number of carbonyl (C=O) groups is 2. The molecule has 0 aliphatic carbocycles. The molecule has 1 heterocycles. The Balaban J connectivity index is 2.79. The molecule has 0 aromatic carbocycles. The van der Waals surface area contributed by atoms with E-state index in [9.17, 15) is 9.59 Å². The van der Waals surface area contributed by atoms with Gasteiger partial charge >= 0.3 is 5.97 Å². The molecule has 14 heavy (non-hydrogen) atoms. The van der Waals surface area contributed by atoms with Crippen LogP contribution in [0.1, 0.15) is 20.3 Å². The zero-order valence-corrected chi connectivity index (χ0v) is 8.43. The minimum Gasteiger partial charge on any atom is -0.480 e. The highest BCUT2D eigenvalue weighted by Crippen LogP contribution is 2.24. The van der Waals surface area contributed by atoms with Gasteiger partial charge in [-0.3, -0.25) is 4.79 Å². The number of nitrogens with two attached hydrogens (primary N) is 1. The number of carboxylic acids is 1. The maximum Gasteiger partial charge on any atom is 0.326 e. The lowest BCUT2D eigenvalue weighted by Gasteiger charge is -2.24. The van der Waals surface area contributed by atoms with Crippen molar-refractivity contribution in [2.75, 3.05) is 6.54 Å². The van der Waals surface area contributed by atoms with Crippen molar-refractivity contribution >= 4 is 11.9 Å². The second-order valence-electron chi connectivity index (χ2n) is 3.87. The monoisotopic (exact) mass is 200 g/mol. The summed E-state index contributed by atoms with van der Waals surface area (Å²) < 4.78 is 0. The molecule has 1 saturated heterocycles. The van der Waals surface area contributed by atoms with Crippen LogP contribution in [0.2, 0.25) is 0 Å². The summed E-state index contributed by atoms with van der Waals surface area (Å²) in [5.41, 5.74) is 5.44. The number of hydrogen-bond acceptors (Lipinski definition) is 3. The Bertz CT molecular complexity index is 252. The maximum absolute atomic E-state index is 11.5. The number of nitrogens with zero attached hydrogens (tertiary/aromatic N) is 1. The molecule has 0 radical (unpaired) electrons. The third-order valence-electron chi connectivity index (χ3n) is 2.63. The van der Waals surface area contributed by atoms with Crippen molar-refractivity contribution < 1.29 is 14.7 Å². The summed E-state index contributed by atoms with van der Waals surface area (Å²) >= 11 is 0. The van der Waals surface area contributed by atoms with E-state index in [1.165, 1.54) is 4.90 Å². The smallest absolute Gasteiger partial charge is 0.326 e. The van der Waals surface area contributed by atoms with Gasteiger partial charge < -0.3 is 15.7 Å². The highest BCUT2D eigenvalue weighted by molar-refractivity contribution is 5.87. The maximum atomic E-state index is 11.5. The SMILES string of the molecule is CC1CCN(C(=O)[C@@H](C)N)C1C(=O)O. The zero-order valence-electron chi connectivity index (χ0n) is 8.43. The molecule has 5 nitrogen and oxygen atoms in total. The Morgan fingerprint density at radius 1 is 1.57 bits per heavy atom. The van der Waals surface area contributed by atoms with E-state index in [1.54, 1.807) is 6.92 Å². The van der Waals surface area contributed by atoms with Crippen LogP contribution in [0.15, 0.2) is 0 Å². The standard InChI is InChI=1S/C9H16N2O3/c1-5-3-4-11(7(5)9(13)14)8(12)6(2)10/h5-7H,3-4,10H2,1-2H3,(H,13,14)/t5?,6-,7?/m1/s1. The Morgan fingerprint density at radius 3 is 2.57 bits per heavy atom. The number of carboxylic acid groups (broad SMARTS) is 1. The van der Waals surface area contributed by atoms with E-state index in [0.29, 0.717) is 6.54 Å². The summed E-state index contributed by atoms with van der Waals surface area (Å²) in [5, 5.41) is 8.95. The van der Waals surface area contributed by atoms with E-state index in [0.717, 1.165) is 6.42 Å².